The number of sulfonamides is 1. The minimum atomic E-state index is -3.34. The zero-order valence-electron chi connectivity index (χ0n) is 13.6. The molecule has 6 unspecified atom stereocenters. The van der Waals surface area contributed by atoms with Crippen molar-refractivity contribution in [3.8, 4) is 0 Å². The summed E-state index contributed by atoms with van der Waals surface area (Å²) in [6.45, 7) is 5.18. The summed E-state index contributed by atoms with van der Waals surface area (Å²) in [6, 6.07) is 0. The highest BCUT2D eigenvalue weighted by Gasteiger charge is 2.39. The molecule has 1 saturated heterocycles. The van der Waals surface area contributed by atoms with Gasteiger partial charge in [-0.1, -0.05) is 29.2 Å². The minimum absolute atomic E-state index is 0.0669. The number of rotatable bonds is 7. The zero-order valence-corrected chi connectivity index (χ0v) is 18.0. The van der Waals surface area contributed by atoms with E-state index < -0.39 is 10.0 Å². The third-order valence-corrected chi connectivity index (χ3v) is 8.46. The van der Waals surface area contributed by atoms with Crippen molar-refractivity contribution in [3.05, 3.63) is 12.0 Å². The number of alkyl halides is 3. The Labute approximate surface area is 168 Å². The topological polar surface area (TPSA) is 70.2 Å². The van der Waals surface area contributed by atoms with Crippen LogP contribution in [0.3, 0.4) is 0 Å². The van der Waals surface area contributed by atoms with Crippen LogP contribution in [0.4, 0.5) is 0 Å². The summed E-state index contributed by atoms with van der Waals surface area (Å²) in [4.78, 5) is 0. The monoisotopic (exact) mass is 509 g/mol. The molecule has 2 fully saturated rings. The molecule has 0 spiro atoms. The zero-order chi connectivity index (χ0) is 17.7. The van der Waals surface area contributed by atoms with Gasteiger partial charge in [0.1, 0.15) is 0 Å². The Hall–Kier alpha value is 0.880. The molecule has 6 atom stereocenters. The van der Waals surface area contributed by atoms with Crippen molar-refractivity contribution in [3.63, 3.8) is 0 Å². The molecule has 2 rings (SSSR count). The highest BCUT2D eigenvalue weighted by atomic mass is 127. The lowest BCUT2D eigenvalue weighted by Gasteiger charge is -2.42. The summed E-state index contributed by atoms with van der Waals surface area (Å²) >= 11 is 15.2. The average molecular weight is 510 g/mol. The highest BCUT2D eigenvalue weighted by molar-refractivity contribution is 14.1. The van der Waals surface area contributed by atoms with Gasteiger partial charge in [0.05, 0.1) is 16.9 Å². The average Bonchev–Trinajstić information content (AvgIpc) is 2.55. The molecule has 0 amide bonds. The number of hydrogen-bond acceptors (Lipinski definition) is 4. The molecule has 0 bridgehead atoms. The summed E-state index contributed by atoms with van der Waals surface area (Å²) in [5, 5.41) is 7.93. The molecule has 1 aliphatic heterocycles. The third-order valence-electron chi connectivity index (χ3n) is 4.89. The van der Waals surface area contributed by atoms with Crippen molar-refractivity contribution in [2.24, 2.45) is 11.8 Å². The molecule has 1 heterocycles. The summed E-state index contributed by atoms with van der Waals surface area (Å²) in [5.74, 6) is 1.23. The molecule has 24 heavy (non-hydrogen) atoms. The van der Waals surface area contributed by atoms with E-state index in [4.69, 9.17) is 23.2 Å². The molecule has 3 N–H and O–H groups in total. The molecule has 0 radical (unpaired) electrons. The fourth-order valence-corrected chi connectivity index (χ4v) is 6.41. The summed E-state index contributed by atoms with van der Waals surface area (Å²) in [7, 11) is -3.34. The minimum Gasteiger partial charge on any atom is -0.302 e. The molecule has 140 valence electrons. The van der Waals surface area contributed by atoms with Gasteiger partial charge in [-0.15, -0.1) is 23.2 Å². The quantitative estimate of drug-likeness (QED) is 0.280. The van der Waals surface area contributed by atoms with E-state index in [9.17, 15) is 8.42 Å². The Morgan fingerprint density at radius 3 is 2.62 bits per heavy atom. The second kappa shape index (κ2) is 9.71. The van der Waals surface area contributed by atoms with Crippen molar-refractivity contribution in [1.82, 2.24) is 15.4 Å². The van der Waals surface area contributed by atoms with Crippen LogP contribution in [0.2, 0.25) is 0 Å². The van der Waals surface area contributed by atoms with Crippen LogP contribution >= 0.6 is 45.8 Å². The SMILES string of the molecule is C=CS(=O)(=O)NCCNC1CC(C2CC(Cl)C(Cl)CC2I)CCN1. The van der Waals surface area contributed by atoms with E-state index in [0.29, 0.717) is 28.8 Å². The van der Waals surface area contributed by atoms with Crippen LogP contribution in [-0.4, -0.2) is 48.9 Å². The van der Waals surface area contributed by atoms with Crippen LogP contribution in [-0.2, 0) is 10.0 Å². The van der Waals surface area contributed by atoms with Gasteiger partial charge in [-0.25, -0.2) is 13.1 Å². The van der Waals surface area contributed by atoms with Crippen LogP contribution < -0.4 is 15.4 Å². The first-order valence-electron chi connectivity index (χ1n) is 8.33. The molecular weight excluding hydrogens is 484 g/mol. The highest BCUT2D eigenvalue weighted by Crippen LogP contribution is 2.42. The molecule has 9 heteroatoms. The normalized spacial score (nSPS) is 38.0. The van der Waals surface area contributed by atoms with Gasteiger partial charge in [0.2, 0.25) is 10.0 Å². The maximum absolute atomic E-state index is 11.3. The van der Waals surface area contributed by atoms with Crippen LogP contribution in [0, 0.1) is 11.8 Å². The smallest absolute Gasteiger partial charge is 0.233 e. The van der Waals surface area contributed by atoms with E-state index >= 15 is 0 Å². The lowest BCUT2D eigenvalue weighted by Crippen LogP contribution is -2.52. The number of hydrogen-bond donors (Lipinski definition) is 3. The summed E-state index contributed by atoms with van der Waals surface area (Å²) < 4.78 is 25.7. The van der Waals surface area contributed by atoms with E-state index in [2.05, 4.69) is 44.5 Å². The van der Waals surface area contributed by atoms with Crippen molar-refractivity contribution in [2.45, 2.75) is 46.5 Å². The summed E-state index contributed by atoms with van der Waals surface area (Å²) in [5.41, 5.74) is 0. The number of halogens is 3. The van der Waals surface area contributed by atoms with E-state index in [1.54, 1.807) is 0 Å². The Kier molecular flexibility index (Phi) is 8.57. The van der Waals surface area contributed by atoms with Crippen molar-refractivity contribution < 1.29 is 8.42 Å². The fourth-order valence-electron chi connectivity index (χ4n) is 3.57. The molecule has 1 aliphatic carbocycles. The maximum Gasteiger partial charge on any atom is 0.233 e. The van der Waals surface area contributed by atoms with E-state index in [1.165, 1.54) is 0 Å². The van der Waals surface area contributed by atoms with E-state index in [1.807, 2.05) is 0 Å². The second-order valence-electron chi connectivity index (χ2n) is 6.53. The first-order valence-corrected chi connectivity index (χ1v) is 12.0. The van der Waals surface area contributed by atoms with Crippen LogP contribution in [0.15, 0.2) is 12.0 Å². The van der Waals surface area contributed by atoms with Crippen molar-refractivity contribution in [2.75, 3.05) is 19.6 Å². The van der Waals surface area contributed by atoms with Gasteiger partial charge in [-0.2, -0.15) is 0 Å². The molecule has 2 aliphatic rings. The van der Waals surface area contributed by atoms with Gasteiger partial charge in [0.25, 0.3) is 0 Å². The number of piperidine rings is 1. The van der Waals surface area contributed by atoms with Gasteiger partial charge < -0.3 is 10.6 Å². The van der Waals surface area contributed by atoms with Crippen molar-refractivity contribution in [1.29, 1.82) is 0 Å². The molecule has 1 saturated carbocycles. The standard InChI is InChI=1S/C15H26Cl2IN3O2S/c1-2-24(22,23)21-6-5-20-15-7-10(3-4-19-15)11-8-12(16)13(17)9-14(11)18/h2,10-15,19-21H,1,3-9H2. The van der Waals surface area contributed by atoms with Gasteiger partial charge in [-0.3, -0.25) is 0 Å². The van der Waals surface area contributed by atoms with Crippen LogP contribution in [0.25, 0.3) is 0 Å². The molecule has 0 aromatic heterocycles. The van der Waals surface area contributed by atoms with Gasteiger partial charge in [0.15, 0.2) is 0 Å². The van der Waals surface area contributed by atoms with Gasteiger partial charge >= 0.3 is 0 Å². The Morgan fingerprint density at radius 2 is 1.92 bits per heavy atom. The first-order chi connectivity index (χ1) is 11.3. The van der Waals surface area contributed by atoms with Crippen LogP contribution in [0.5, 0.6) is 0 Å². The summed E-state index contributed by atoms with van der Waals surface area (Å²) in [6.07, 6.45) is 4.37. The second-order valence-corrected chi connectivity index (χ2v) is 11.0. The number of nitrogens with one attached hydrogen (secondary N) is 3. The Bertz CT molecular complexity index is 523. The first kappa shape index (κ1) is 21.2. The molecule has 0 aromatic carbocycles. The van der Waals surface area contributed by atoms with Gasteiger partial charge in [-0.05, 0) is 44.1 Å². The maximum atomic E-state index is 11.3. The third kappa shape index (κ3) is 6.25. The Morgan fingerprint density at radius 1 is 1.21 bits per heavy atom. The molecule has 5 nitrogen and oxygen atoms in total. The predicted octanol–water partition coefficient (Wildman–Crippen LogP) is 2.39. The van der Waals surface area contributed by atoms with E-state index in [-0.39, 0.29) is 16.9 Å². The van der Waals surface area contributed by atoms with Gasteiger partial charge in [0, 0.05) is 22.4 Å². The lowest BCUT2D eigenvalue weighted by molar-refractivity contribution is 0.177. The fraction of sp³-hybridized carbons (Fsp3) is 0.867. The predicted molar refractivity (Wildman–Crippen MR) is 109 cm³/mol. The Balaban J connectivity index is 1.78. The van der Waals surface area contributed by atoms with E-state index in [0.717, 1.165) is 37.6 Å². The lowest BCUT2D eigenvalue weighted by atomic mass is 9.75. The van der Waals surface area contributed by atoms with Crippen LogP contribution in [0.1, 0.15) is 25.7 Å². The molecule has 0 aromatic rings. The molecular formula is C15H26Cl2IN3O2S. The largest absolute Gasteiger partial charge is 0.302 e. The van der Waals surface area contributed by atoms with Crippen molar-refractivity contribution >= 4 is 55.8 Å².